The lowest BCUT2D eigenvalue weighted by Crippen LogP contribution is -2.50. The van der Waals surface area contributed by atoms with Gasteiger partial charge in [-0.2, -0.15) is 5.10 Å². The molecule has 162 valence electrons. The molecule has 2 aromatic rings. The molecule has 7 nitrogen and oxygen atoms in total. The van der Waals surface area contributed by atoms with Gasteiger partial charge in [-0.05, 0) is 58.7 Å². The van der Waals surface area contributed by atoms with Crippen molar-refractivity contribution in [3.8, 4) is 0 Å². The van der Waals surface area contributed by atoms with Crippen molar-refractivity contribution in [1.82, 2.24) is 29.5 Å². The Hall–Kier alpha value is -1.99. The zero-order chi connectivity index (χ0) is 20.7. The zero-order valence-electron chi connectivity index (χ0n) is 18.4. The highest BCUT2D eigenvalue weighted by atomic mass is 16.2. The summed E-state index contributed by atoms with van der Waals surface area (Å²) in [7, 11) is 0. The molecule has 0 atom stereocenters. The summed E-state index contributed by atoms with van der Waals surface area (Å²) in [6.07, 6.45) is 6.88. The maximum atomic E-state index is 13.5. The van der Waals surface area contributed by atoms with Crippen LogP contribution in [0, 0.1) is 0 Å². The Morgan fingerprint density at radius 3 is 2.33 bits per heavy atom. The van der Waals surface area contributed by atoms with Gasteiger partial charge in [0.1, 0.15) is 0 Å². The van der Waals surface area contributed by atoms with Crippen molar-refractivity contribution in [3.63, 3.8) is 0 Å². The van der Waals surface area contributed by atoms with Crippen molar-refractivity contribution < 1.29 is 4.79 Å². The Bertz CT molecular complexity index is 904. The number of pyridine rings is 1. The number of nitrogens with zero attached hydrogens (tertiary/aromatic N) is 6. The third-order valence-electron chi connectivity index (χ3n) is 6.89. The predicted molar refractivity (Wildman–Crippen MR) is 118 cm³/mol. The second-order valence-electron chi connectivity index (χ2n) is 9.47. The molecule has 0 spiro atoms. The molecule has 0 aromatic carbocycles. The average Bonchev–Trinajstić information content (AvgIpc) is 3.30. The van der Waals surface area contributed by atoms with E-state index in [1.54, 1.807) is 0 Å². The van der Waals surface area contributed by atoms with E-state index in [1.807, 2.05) is 15.8 Å². The highest BCUT2D eigenvalue weighted by Gasteiger charge is 2.30. The fourth-order valence-electron chi connectivity index (χ4n) is 4.81. The van der Waals surface area contributed by atoms with E-state index in [2.05, 4.69) is 34.8 Å². The second kappa shape index (κ2) is 8.27. The number of aromatic nitrogens is 3. The number of fused-ring (bicyclic) bond motifs is 1. The van der Waals surface area contributed by atoms with Gasteiger partial charge in [0, 0.05) is 56.9 Å². The number of carbonyl (C=O) groups excluding carboxylic acids is 1. The molecule has 0 unspecified atom stereocenters. The molecule has 0 N–H and O–H groups in total. The topological polar surface area (TPSA) is 57.5 Å². The molecule has 1 saturated carbocycles. The van der Waals surface area contributed by atoms with Gasteiger partial charge in [0.25, 0.3) is 5.91 Å². The molecular weight excluding hydrogens is 376 g/mol. The first-order chi connectivity index (χ1) is 14.6. The van der Waals surface area contributed by atoms with E-state index >= 15 is 0 Å². The molecule has 4 heterocycles. The molecular formula is C23H34N6O. The number of piperazine rings is 1. The lowest BCUT2D eigenvalue weighted by molar-refractivity contribution is 0.0628. The Balaban J connectivity index is 1.30. The molecule has 2 aliphatic heterocycles. The van der Waals surface area contributed by atoms with Gasteiger partial charge in [-0.3, -0.25) is 9.69 Å². The summed E-state index contributed by atoms with van der Waals surface area (Å²) in [6.45, 7) is 12.6. The Morgan fingerprint density at radius 1 is 1.03 bits per heavy atom. The summed E-state index contributed by atoms with van der Waals surface area (Å²) in [5, 5.41) is 5.45. The molecule has 30 heavy (non-hydrogen) atoms. The van der Waals surface area contributed by atoms with Crippen LogP contribution in [-0.4, -0.2) is 87.7 Å². The van der Waals surface area contributed by atoms with Crippen molar-refractivity contribution in [3.05, 3.63) is 23.5 Å². The summed E-state index contributed by atoms with van der Waals surface area (Å²) >= 11 is 0. The van der Waals surface area contributed by atoms with Gasteiger partial charge in [-0.25, -0.2) is 9.67 Å². The number of rotatable bonds is 6. The van der Waals surface area contributed by atoms with Crippen LogP contribution in [0.15, 0.2) is 12.3 Å². The SMILES string of the molecule is CC(C)n1ncc2c(C(=O)N3CCN(CCN4CCCC4)CC3)cc(C3CC3)nc21. The van der Waals surface area contributed by atoms with E-state index < -0.39 is 0 Å². The van der Waals surface area contributed by atoms with Crippen LogP contribution < -0.4 is 0 Å². The summed E-state index contributed by atoms with van der Waals surface area (Å²) in [4.78, 5) is 25.5. The molecule has 1 amide bonds. The van der Waals surface area contributed by atoms with E-state index in [0.29, 0.717) is 5.92 Å². The summed E-state index contributed by atoms with van der Waals surface area (Å²) in [5.74, 6) is 0.658. The van der Waals surface area contributed by atoms with Crippen LogP contribution in [0.4, 0.5) is 0 Å². The van der Waals surface area contributed by atoms with Gasteiger partial charge in [-0.1, -0.05) is 0 Å². The molecule has 0 bridgehead atoms. The zero-order valence-corrected chi connectivity index (χ0v) is 18.4. The number of hydrogen-bond acceptors (Lipinski definition) is 5. The molecule has 7 heteroatoms. The van der Waals surface area contributed by atoms with Gasteiger partial charge in [0.05, 0.1) is 17.1 Å². The number of carbonyl (C=O) groups is 1. The van der Waals surface area contributed by atoms with Gasteiger partial charge in [0.15, 0.2) is 5.65 Å². The molecule has 3 aliphatic rings. The number of hydrogen-bond donors (Lipinski definition) is 0. The van der Waals surface area contributed by atoms with Crippen molar-refractivity contribution in [2.24, 2.45) is 0 Å². The van der Waals surface area contributed by atoms with Gasteiger partial charge in [-0.15, -0.1) is 0 Å². The third kappa shape index (κ3) is 3.97. The van der Waals surface area contributed by atoms with Crippen LogP contribution in [0.3, 0.4) is 0 Å². The minimum absolute atomic E-state index is 0.145. The second-order valence-corrected chi connectivity index (χ2v) is 9.47. The Morgan fingerprint density at radius 2 is 1.70 bits per heavy atom. The lowest BCUT2D eigenvalue weighted by atomic mass is 10.1. The van der Waals surface area contributed by atoms with Gasteiger partial charge >= 0.3 is 0 Å². The molecule has 0 radical (unpaired) electrons. The van der Waals surface area contributed by atoms with Crippen molar-refractivity contribution >= 4 is 16.9 Å². The predicted octanol–water partition coefficient (Wildman–Crippen LogP) is 2.74. The first-order valence-corrected chi connectivity index (χ1v) is 11.7. The normalized spacial score (nSPS) is 21.2. The smallest absolute Gasteiger partial charge is 0.254 e. The maximum Gasteiger partial charge on any atom is 0.254 e. The highest BCUT2D eigenvalue weighted by molar-refractivity contribution is 6.05. The number of amides is 1. The number of likely N-dealkylation sites (tertiary alicyclic amines) is 1. The van der Waals surface area contributed by atoms with Crippen molar-refractivity contribution in [1.29, 1.82) is 0 Å². The molecule has 5 rings (SSSR count). The van der Waals surface area contributed by atoms with Crippen LogP contribution in [0.1, 0.15) is 67.5 Å². The molecule has 1 aliphatic carbocycles. The first-order valence-electron chi connectivity index (χ1n) is 11.7. The van der Waals surface area contributed by atoms with E-state index in [4.69, 9.17) is 4.98 Å². The van der Waals surface area contributed by atoms with Crippen LogP contribution in [0.2, 0.25) is 0 Å². The Kier molecular flexibility index (Phi) is 5.50. The van der Waals surface area contributed by atoms with Gasteiger partial charge < -0.3 is 9.80 Å². The molecule has 2 aromatic heterocycles. The molecule has 3 fully saturated rings. The molecule has 2 saturated heterocycles. The van der Waals surface area contributed by atoms with Crippen molar-refractivity contribution in [2.75, 3.05) is 52.4 Å². The van der Waals surface area contributed by atoms with Crippen molar-refractivity contribution in [2.45, 2.75) is 51.5 Å². The van der Waals surface area contributed by atoms with E-state index in [1.165, 1.54) is 38.8 Å². The minimum Gasteiger partial charge on any atom is -0.336 e. The van der Waals surface area contributed by atoms with E-state index in [0.717, 1.165) is 61.6 Å². The minimum atomic E-state index is 0.145. The fourth-order valence-corrected chi connectivity index (χ4v) is 4.81. The first kappa shape index (κ1) is 19.9. The highest BCUT2D eigenvalue weighted by Crippen LogP contribution is 2.40. The van der Waals surface area contributed by atoms with E-state index in [9.17, 15) is 4.79 Å². The summed E-state index contributed by atoms with van der Waals surface area (Å²) in [6, 6.07) is 2.28. The third-order valence-corrected chi connectivity index (χ3v) is 6.89. The Labute approximate surface area is 179 Å². The monoisotopic (exact) mass is 410 g/mol. The van der Waals surface area contributed by atoms with Crippen LogP contribution in [-0.2, 0) is 0 Å². The van der Waals surface area contributed by atoms with Crippen LogP contribution in [0.5, 0.6) is 0 Å². The quantitative estimate of drug-likeness (QED) is 0.733. The lowest BCUT2D eigenvalue weighted by Gasteiger charge is -2.35. The summed E-state index contributed by atoms with van der Waals surface area (Å²) in [5.41, 5.74) is 2.72. The average molecular weight is 411 g/mol. The summed E-state index contributed by atoms with van der Waals surface area (Å²) < 4.78 is 1.95. The van der Waals surface area contributed by atoms with Gasteiger partial charge in [0.2, 0.25) is 0 Å². The van der Waals surface area contributed by atoms with E-state index in [-0.39, 0.29) is 11.9 Å². The maximum absolute atomic E-state index is 13.5. The largest absolute Gasteiger partial charge is 0.336 e. The fraction of sp³-hybridized carbons (Fsp3) is 0.696. The van der Waals surface area contributed by atoms with Crippen LogP contribution >= 0.6 is 0 Å². The standard InChI is InChI=1S/C23H34N6O/c1-17(2)29-22-20(16-24-29)19(15-21(25-22)18-5-6-18)23(30)28-13-11-27(12-14-28)10-9-26-7-3-4-8-26/h15-18H,3-14H2,1-2H3. The van der Waals surface area contributed by atoms with Crippen LogP contribution in [0.25, 0.3) is 11.0 Å².